The molecule has 0 N–H and O–H groups in total. The Hall–Kier alpha value is -2.37. The summed E-state index contributed by atoms with van der Waals surface area (Å²) in [6.45, 7) is 4.75. The second-order valence-corrected chi connectivity index (χ2v) is 6.82. The maximum atomic E-state index is 11.5. The fourth-order valence-corrected chi connectivity index (χ4v) is 3.76. The summed E-state index contributed by atoms with van der Waals surface area (Å²) >= 11 is 0. The SMILES string of the molecule is CC(=O)N1CCN(c2nnc(C3(c4ccccc4)CC3)n2C)CC1. The Bertz CT molecular complexity index is 742. The zero-order valence-electron chi connectivity index (χ0n) is 14.3. The molecular weight excluding hydrogens is 302 g/mol. The standard InChI is InChI=1S/C18H23N5O/c1-14(24)22-10-12-23(13-11-22)17-20-19-16(21(17)2)18(8-9-18)15-6-4-3-5-7-15/h3-7H,8-13H2,1-2H3. The number of carbonyl (C=O) groups is 1. The monoisotopic (exact) mass is 325 g/mol. The Morgan fingerprint density at radius 1 is 1.04 bits per heavy atom. The van der Waals surface area contributed by atoms with Crippen molar-refractivity contribution in [2.24, 2.45) is 7.05 Å². The van der Waals surface area contributed by atoms with E-state index in [0.717, 1.165) is 50.8 Å². The van der Waals surface area contributed by atoms with Gasteiger partial charge in [-0.3, -0.25) is 9.36 Å². The summed E-state index contributed by atoms with van der Waals surface area (Å²) in [6.07, 6.45) is 2.25. The second-order valence-electron chi connectivity index (χ2n) is 6.82. The maximum absolute atomic E-state index is 11.5. The van der Waals surface area contributed by atoms with Gasteiger partial charge in [0, 0.05) is 40.2 Å². The van der Waals surface area contributed by atoms with E-state index in [1.54, 1.807) is 6.92 Å². The zero-order chi connectivity index (χ0) is 16.7. The van der Waals surface area contributed by atoms with E-state index in [-0.39, 0.29) is 11.3 Å². The highest BCUT2D eigenvalue weighted by molar-refractivity contribution is 5.73. The third-order valence-electron chi connectivity index (χ3n) is 5.36. The minimum atomic E-state index is 0.0302. The number of amides is 1. The predicted octanol–water partition coefficient (Wildman–Crippen LogP) is 1.56. The van der Waals surface area contributed by atoms with Crippen LogP contribution in [-0.4, -0.2) is 51.8 Å². The van der Waals surface area contributed by atoms with Crippen LogP contribution in [0.25, 0.3) is 0 Å². The van der Waals surface area contributed by atoms with E-state index >= 15 is 0 Å². The number of nitrogens with zero attached hydrogens (tertiary/aromatic N) is 5. The normalized spacial score (nSPS) is 19.4. The van der Waals surface area contributed by atoms with Crippen molar-refractivity contribution in [1.29, 1.82) is 0 Å². The van der Waals surface area contributed by atoms with Gasteiger partial charge in [0.2, 0.25) is 11.9 Å². The molecule has 2 fully saturated rings. The van der Waals surface area contributed by atoms with E-state index < -0.39 is 0 Å². The van der Waals surface area contributed by atoms with Gasteiger partial charge in [-0.1, -0.05) is 30.3 Å². The molecule has 0 atom stereocenters. The van der Waals surface area contributed by atoms with Gasteiger partial charge >= 0.3 is 0 Å². The highest BCUT2D eigenvalue weighted by atomic mass is 16.2. The van der Waals surface area contributed by atoms with Crippen LogP contribution in [0.2, 0.25) is 0 Å². The van der Waals surface area contributed by atoms with E-state index in [2.05, 4.69) is 57.0 Å². The topological polar surface area (TPSA) is 54.3 Å². The molecule has 6 nitrogen and oxygen atoms in total. The van der Waals surface area contributed by atoms with Crippen molar-refractivity contribution < 1.29 is 4.79 Å². The Labute approximate surface area is 142 Å². The largest absolute Gasteiger partial charge is 0.339 e. The van der Waals surface area contributed by atoms with E-state index in [1.807, 2.05) is 4.90 Å². The second kappa shape index (κ2) is 5.61. The molecule has 1 aromatic carbocycles. The average Bonchev–Trinajstić information content (AvgIpc) is 3.33. The molecule has 1 aliphatic heterocycles. The van der Waals surface area contributed by atoms with Crippen molar-refractivity contribution in [2.45, 2.75) is 25.2 Å². The van der Waals surface area contributed by atoms with Crippen LogP contribution in [0.3, 0.4) is 0 Å². The van der Waals surface area contributed by atoms with Gasteiger partial charge in [-0.05, 0) is 18.4 Å². The fourth-order valence-electron chi connectivity index (χ4n) is 3.76. The summed E-state index contributed by atoms with van der Waals surface area (Å²) in [7, 11) is 2.06. The van der Waals surface area contributed by atoms with Crippen LogP contribution in [0.4, 0.5) is 5.95 Å². The van der Waals surface area contributed by atoms with Gasteiger partial charge < -0.3 is 9.80 Å². The van der Waals surface area contributed by atoms with Crippen LogP contribution in [-0.2, 0) is 17.3 Å². The van der Waals surface area contributed by atoms with Crippen molar-refractivity contribution in [3.8, 4) is 0 Å². The minimum absolute atomic E-state index is 0.0302. The number of carbonyl (C=O) groups excluding carboxylic acids is 1. The molecule has 126 valence electrons. The van der Waals surface area contributed by atoms with Crippen LogP contribution in [0.5, 0.6) is 0 Å². The summed E-state index contributed by atoms with van der Waals surface area (Å²) in [5, 5.41) is 9.02. The molecule has 2 heterocycles. The van der Waals surface area contributed by atoms with Crippen LogP contribution in [0.1, 0.15) is 31.2 Å². The van der Waals surface area contributed by atoms with E-state index in [4.69, 9.17) is 0 Å². The zero-order valence-corrected chi connectivity index (χ0v) is 14.3. The molecule has 4 rings (SSSR count). The van der Waals surface area contributed by atoms with Crippen LogP contribution in [0.15, 0.2) is 30.3 Å². The molecule has 1 aliphatic carbocycles. The third-order valence-corrected chi connectivity index (χ3v) is 5.36. The Morgan fingerprint density at radius 2 is 1.71 bits per heavy atom. The molecule has 0 radical (unpaired) electrons. The Balaban J connectivity index is 1.58. The van der Waals surface area contributed by atoms with Gasteiger partial charge in [-0.15, -0.1) is 10.2 Å². The molecule has 6 heteroatoms. The van der Waals surface area contributed by atoms with Gasteiger partial charge in [-0.25, -0.2) is 0 Å². The fraction of sp³-hybridized carbons (Fsp3) is 0.500. The first kappa shape index (κ1) is 15.2. The number of anilines is 1. The third kappa shape index (κ3) is 2.37. The number of aromatic nitrogens is 3. The number of benzene rings is 1. The lowest BCUT2D eigenvalue weighted by Crippen LogP contribution is -2.48. The highest BCUT2D eigenvalue weighted by Gasteiger charge is 2.50. The minimum Gasteiger partial charge on any atom is -0.339 e. The van der Waals surface area contributed by atoms with Crippen LogP contribution in [0, 0.1) is 0 Å². The molecule has 0 unspecified atom stereocenters. The van der Waals surface area contributed by atoms with Gasteiger partial charge in [0.05, 0.1) is 5.41 Å². The number of rotatable bonds is 3. The lowest BCUT2D eigenvalue weighted by Gasteiger charge is -2.34. The first-order valence-electron chi connectivity index (χ1n) is 8.58. The quantitative estimate of drug-likeness (QED) is 0.859. The number of hydrogen-bond acceptors (Lipinski definition) is 4. The van der Waals surface area contributed by atoms with Gasteiger partial charge in [0.1, 0.15) is 5.82 Å². The maximum Gasteiger partial charge on any atom is 0.227 e. The first-order chi connectivity index (χ1) is 11.6. The molecule has 2 aliphatic rings. The molecule has 0 bridgehead atoms. The predicted molar refractivity (Wildman–Crippen MR) is 91.9 cm³/mol. The molecular formula is C18H23N5O. The Morgan fingerprint density at radius 3 is 2.29 bits per heavy atom. The summed E-state index contributed by atoms with van der Waals surface area (Å²) < 4.78 is 2.14. The summed E-state index contributed by atoms with van der Waals surface area (Å²) in [4.78, 5) is 15.6. The first-order valence-corrected chi connectivity index (χ1v) is 8.58. The van der Waals surface area contributed by atoms with Gasteiger partial charge in [0.25, 0.3) is 0 Å². The van der Waals surface area contributed by atoms with Gasteiger partial charge in [-0.2, -0.15) is 0 Å². The molecule has 2 aromatic rings. The highest BCUT2D eigenvalue weighted by Crippen LogP contribution is 2.52. The molecule has 1 amide bonds. The lowest BCUT2D eigenvalue weighted by molar-refractivity contribution is -0.129. The summed E-state index contributed by atoms with van der Waals surface area (Å²) in [5.74, 6) is 2.11. The van der Waals surface area contributed by atoms with E-state index in [0.29, 0.717) is 0 Å². The molecule has 1 saturated heterocycles. The van der Waals surface area contributed by atoms with Crippen molar-refractivity contribution >= 4 is 11.9 Å². The van der Waals surface area contributed by atoms with Crippen molar-refractivity contribution in [3.05, 3.63) is 41.7 Å². The summed E-state index contributed by atoms with van der Waals surface area (Å²) in [6, 6.07) is 10.6. The number of hydrogen-bond donors (Lipinski definition) is 0. The van der Waals surface area contributed by atoms with Crippen molar-refractivity contribution in [2.75, 3.05) is 31.1 Å². The smallest absolute Gasteiger partial charge is 0.227 e. The van der Waals surface area contributed by atoms with Crippen LogP contribution < -0.4 is 4.90 Å². The lowest BCUT2D eigenvalue weighted by atomic mass is 9.95. The number of piperazine rings is 1. The van der Waals surface area contributed by atoms with Crippen molar-refractivity contribution in [3.63, 3.8) is 0 Å². The molecule has 0 spiro atoms. The van der Waals surface area contributed by atoms with Crippen LogP contribution >= 0.6 is 0 Å². The average molecular weight is 325 g/mol. The molecule has 1 aromatic heterocycles. The molecule has 1 saturated carbocycles. The summed E-state index contributed by atoms with van der Waals surface area (Å²) in [5.41, 5.74) is 1.36. The Kier molecular flexibility index (Phi) is 3.55. The van der Waals surface area contributed by atoms with Gasteiger partial charge in [0.15, 0.2) is 0 Å². The van der Waals surface area contributed by atoms with E-state index in [9.17, 15) is 4.79 Å². The molecule has 24 heavy (non-hydrogen) atoms. The van der Waals surface area contributed by atoms with Crippen molar-refractivity contribution in [1.82, 2.24) is 19.7 Å². The van der Waals surface area contributed by atoms with E-state index in [1.165, 1.54) is 5.56 Å².